The Morgan fingerprint density at radius 1 is 1.36 bits per heavy atom. The Morgan fingerprint density at radius 3 is 2.36 bits per heavy atom. The van der Waals surface area contributed by atoms with E-state index in [1.54, 1.807) is 6.92 Å². The summed E-state index contributed by atoms with van der Waals surface area (Å²) in [5.74, 6) is 0.176. The monoisotopic (exact) mass is 198 g/mol. The second-order valence-corrected chi connectivity index (χ2v) is 2.32. The number of esters is 1. The highest BCUT2D eigenvalue weighted by Crippen LogP contribution is 2.08. The van der Waals surface area contributed by atoms with Crippen molar-refractivity contribution in [2.24, 2.45) is 0 Å². The summed E-state index contributed by atoms with van der Waals surface area (Å²) in [5.41, 5.74) is -0.522. The molecule has 14 heavy (non-hydrogen) atoms. The second-order valence-electron chi connectivity index (χ2n) is 2.32. The van der Waals surface area contributed by atoms with Gasteiger partial charge in [0.25, 0.3) is 0 Å². The van der Waals surface area contributed by atoms with Crippen LogP contribution in [-0.4, -0.2) is 5.97 Å². The average molecular weight is 198 g/mol. The van der Waals surface area contributed by atoms with Crippen LogP contribution in [0.3, 0.4) is 0 Å². The van der Waals surface area contributed by atoms with Crippen molar-refractivity contribution in [1.29, 1.82) is 0 Å². The van der Waals surface area contributed by atoms with Crippen LogP contribution in [0.4, 0.5) is 0 Å². The largest absolute Gasteiger partial charge is 0.428 e. The summed E-state index contributed by atoms with van der Waals surface area (Å²) in [6.07, 6.45) is 0. The van der Waals surface area contributed by atoms with Gasteiger partial charge in [0.15, 0.2) is 0 Å². The topological polar surface area (TPSA) is 56.5 Å². The minimum atomic E-state index is -0.522. The first kappa shape index (κ1) is 12.4. The second kappa shape index (κ2) is 5.96. The molecule has 0 unspecified atom stereocenters. The van der Waals surface area contributed by atoms with Crippen LogP contribution in [0.2, 0.25) is 0 Å². The third-order valence-electron chi connectivity index (χ3n) is 1.13. The highest BCUT2D eigenvalue weighted by Gasteiger charge is 2.00. The molecule has 0 aliphatic carbocycles. The van der Waals surface area contributed by atoms with Crippen molar-refractivity contribution in [2.45, 2.75) is 27.7 Å². The van der Waals surface area contributed by atoms with E-state index in [-0.39, 0.29) is 5.75 Å². The molecule has 0 bridgehead atoms. The molecular weight excluding hydrogens is 184 g/mol. The molecule has 1 aromatic rings. The molecule has 1 heterocycles. The first-order valence-corrected chi connectivity index (χ1v) is 4.38. The predicted octanol–water partition coefficient (Wildman–Crippen LogP) is 1.90. The van der Waals surface area contributed by atoms with Gasteiger partial charge in [-0.1, -0.05) is 13.8 Å². The summed E-state index contributed by atoms with van der Waals surface area (Å²) in [6, 6.07) is 2.59. The number of carbonyl (C=O) groups is 1. The lowest BCUT2D eigenvalue weighted by Crippen LogP contribution is -2.05. The molecule has 78 valence electrons. The van der Waals surface area contributed by atoms with E-state index in [2.05, 4.69) is 9.15 Å². The minimum absolute atomic E-state index is 0.219. The van der Waals surface area contributed by atoms with Gasteiger partial charge in [-0.2, -0.15) is 0 Å². The van der Waals surface area contributed by atoms with Crippen LogP contribution in [0.15, 0.2) is 21.3 Å². The molecular formula is C10H14O4. The molecule has 0 spiro atoms. The van der Waals surface area contributed by atoms with Crippen molar-refractivity contribution in [3.05, 3.63) is 28.3 Å². The Labute approximate surface area is 82.5 Å². The number of hydrogen-bond donors (Lipinski definition) is 0. The van der Waals surface area contributed by atoms with Crippen molar-refractivity contribution in [3.63, 3.8) is 0 Å². The fourth-order valence-corrected chi connectivity index (χ4v) is 0.801. The van der Waals surface area contributed by atoms with Gasteiger partial charge in [-0.3, -0.25) is 4.79 Å². The van der Waals surface area contributed by atoms with Crippen molar-refractivity contribution in [1.82, 2.24) is 0 Å². The van der Waals surface area contributed by atoms with Gasteiger partial charge in [-0.05, 0) is 6.92 Å². The Morgan fingerprint density at radius 2 is 1.93 bits per heavy atom. The summed E-state index contributed by atoms with van der Waals surface area (Å²) in [6.45, 7) is 6.87. The number of rotatable bonds is 1. The van der Waals surface area contributed by atoms with E-state index in [4.69, 9.17) is 0 Å². The summed E-state index contributed by atoms with van der Waals surface area (Å²) in [7, 11) is 0. The molecule has 0 aliphatic rings. The normalized spacial score (nSPS) is 8.57. The van der Waals surface area contributed by atoms with E-state index in [0.29, 0.717) is 5.76 Å². The molecule has 0 fully saturated rings. The fourth-order valence-electron chi connectivity index (χ4n) is 0.801. The molecule has 0 N–H and O–H groups in total. The minimum Gasteiger partial charge on any atom is -0.428 e. The molecule has 1 aromatic heterocycles. The van der Waals surface area contributed by atoms with Crippen molar-refractivity contribution in [3.8, 4) is 5.75 Å². The Bertz CT molecular complexity index is 351. The van der Waals surface area contributed by atoms with Crippen LogP contribution in [0.25, 0.3) is 0 Å². The molecule has 0 saturated carbocycles. The van der Waals surface area contributed by atoms with Crippen LogP contribution < -0.4 is 10.4 Å². The highest BCUT2D eigenvalue weighted by atomic mass is 16.5. The third-order valence-corrected chi connectivity index (χ3v) is 1.13. The van der Waals surface area contributed by atoms with Crippen LogP contribution in [0.1, 0.15) is 26.5 Å². The van der Waals surface area contributed by atoms with Crippen molar-refractivity contribution < 1.29 is 13.9 Å². The highest BCUT2D eigenvalue weighted by molar-refractivity contribution is 5.69. The first-order valence-electron chi connectivity index (χ1n) is 4.38. The average Bonchev–Trinajstić information content (AvgIpc) is 2.04. The molecule has 0 amide bonds. The van der Waals surface area contributed by atoms with Crippen LogP contribution in [-0.2, 0) is 4.79 Å². The number of carbonyl (C=O) groups excluding carboxylic acids is 1. The van der Waals surface area contributed by atoms with E-state index < -0.39 is 11.6 Å². The molecule has 0 aliphatic heterocycles. The summed E-state index contributed by atoms with van der Waals surface area (Å²) in [5, 5.41) is 0. The third kappa shape index (κ3) is 4.45. The summed E-state index contributed by atoms with van der Waals surface area (Å²) in [4.78, 5) is 21.2. The van der Waals surface area contributed by atoms with Gasteiger partial charge in [0, 0.05) is 13.0 Å². The summed E-state index contributed by atoms with van der Waals surface area (Å²) < 4.78 is 9.33. The maximum Gasteiger partial charge on any atom is 0.339 e. The van der Waals surface area contributed by atoms with E-state index >= 15 is 0 Å². The van der Waals surface area contributed by atoms with Crippen LogP contribution in [0, 0.1) is 6.92 Å². The Balaban J connectivity index is 0.000000791. The number of aryl methyl sites for hydroxylation is 1. The summed E-state index contributed by atoms with van der Waals surface area (Å²) >= 11 is 0. The fraction of sp³-hybridized carbons (Fsp3) is 0.400. The molecule has 0 aromatic carbocycles. The van der Waals surface area contributed by atoms with Crippen LogP contribution in [0.5, 0.6) is 5.75 Å². The lowest BCUT2D eigenvalue weighted by molar-refractivity contribution is -0.131. The van der Waals surface area contributed by atoms with Gasteiger partial charge in [0.2, 0.25) is 0 Å². The van der Waals surface area contributed by atoms with Crippen molar-refractivity contribution in [2.75, 3.05) is 0 Å². The van der Waals surface area contributed by atoms with Crippen LogP contribution >= 0.6 is 0 Å². The van der Waals surface area contributed by atoms with E-state index in [1.165, 1.54) is 13.0 Å². The molecule has 4 nitrogen and oxygen atoms in total. The molecule has 1 rings (SSSR count). The van der Waals surface area contributed by atoms with Gasteiger partial charge >= 0.3 is 11.6 Å². The Hall–Kier alpha value is -1.58. The zero-order valence-electron chi connectivity index (χ0n) is 8.79. The standard InChI is InChI=1S/C8H8O4.C2H6/c1-5-3-7(12-6(2)9)4-8(10)11-5;1-2/h3-4H,1-2H3;1-2H3. The lowest BCUT2D eigenvalue weighted by atomic mass is 10.4. The first-order chi connectivity index (χ1) is 6.58. The number of ether oxygens (including phenoxy) is 1. The quantitative estimate of drug-likeness (QED) is 0.646. The zero-order chi connectivity index (χ0) is 11.1. The number of hydrogen-bond acceptors (Lipinski definition) is 4. The predicted molar refractivity (Wildman–Crippen MR) is 52.4 cm³/mol. The smallest absolute Gasteiger partial charge is 0.339 e. The Kier molecular flexibility index (Phi) is 5.29. The van der Waals surface area contributed by atoms with Gasteiger partial charge < -0.3 is 9.15 Å². The molecule has 0 radical (unpaired) electrons. The lowest BCUT2D eigenvalue weighted by Gasteiger charge is -1.99. The van der Waals surface area contributed by atoms with E-state index in [0.717, 1.165) is 6.07 Å². The van der Waals surface area contributed by atoms with Crippen molar-refractivity contribution >= 4 is 5.97 Å². The maximum atomic E-state index is 10.7. The van der Waals surface area contributed by atoms with Gasteiger partial charge in [0.05, 0.1) is 6.07 Å². The zero-order valence-corrected chi connectivity index (χ0v) is 8.79. The van der Waals surface area contributed by atoms with E-state index in [1.807, 2.05) is 13.8 Å². The molecule has 4 heteroatoms. The van der Waals surface area contributed by atoms with E-state index in [9.17, 15) is 9.59 Å². The maximum absolute atomic E-state index is 10.7. The molecule has 0 saturated heterocycles. The molecule has 0 atom stereocenters. The SMILES string of the molecule is CC.CC(=O)Oc1cc(C)oc(=O)c1. The van der Waals surface area contributed by atoms with Gasteiger partial charge in [-0.25, -0.2) is 4.79 Å². The van der Waals surface area contributed by atoms with Gasteiger partial charge in [-0.15, -0.1) is 0 Å². The van der Waals surface area contributed by atoms with Gasteiger partial charge in [0.1, 0.15) is 11.5 Å².